The van der Waals surface area contributed by atoms with Crippen LogP contribution in [-0.2, 0) is 25.7 Å². The predicted octanol–water partition coefficient (Wildman–Crippen LogP) is 9.18. The number of nitrogens with one attached hydrogen (secondary N) is 2. The molecule has 1 aliphatic heterocycles. The van der Waals surface area contributed by atoms with Gasteiger partial charge in [0.25, 0.3) is 21.8 Å². The van der Waals surface area contributed by atoms with Gasteiger partial charge >= 0.3 is 6.18 Å². The molecular weight excluding hydrogens is 894 g/mol. The third kappa shape index (κ3) is 12.2. The zero-order chi connectivity index (χ0) is 47.5. The highest BCUT2D eigenvalue weighted by Crippen LogP contribution is 2.40. The summed E-state index contributed by atoms with van der Waals surface area (Å²) in [4.78, 5) is 30.7. The molecule has 0 aromatic heterocycles. The van der Waals surface area contributed by atoms with Crippen molar-refractivity contribution in [3.05, 3.63) is 132 Å². The van der Waals surface area contributed by atoms with Gasteiger partial charge in [0.15, 0.2) is 5.11 Å². The van der Waals surface area contributed by atoms with Crippen LogP contribution in [0.4, 0.5) is 30.2 Å². The van der Waals surface area contributed by atoms with Gasteiger partial charge in [-0.15, -0.1) is 4.83 Å². The fourth-order valence-electron chi connectivity index (χ4n) is 7.05. The minimum Gasteiger partial charge on any atom is -0.494 e. The Kier molecular flexibility index (Phi) is 16.0. The van der Waals surface area contributed by atoms with Gasteiger partial charge in [-0.25, -0.2) is 8.42 Å². The van der Waals surface area contributed by atoms with Crippen LogP contribution in [0.3, 0.4) is 0 Å². The fraction of sp³-hybridized carbons (Fsp3) is 0.292. The van der Waals surface area contributed by atoms with Crippen LogP contribution in [0.25, 0.3) is 11.1 Å². The van der Waals surface area contributed by atoms with E-state index in [9.17, 15) is 36.4 Å². The van der Waals surface area contributed by atoms with Gasteiger partial charge in [-0.2, -0.15) is 18.4 Å². The minimum absolute atomic E-state index is 0.0270. The first-order chi connectivity index (χ1) is 31.5. The lowest BCUT2D eigenvalue weighted by Gasteiger charge is -2.29. The van der Waals surface area contributed by atoms with Gasteiger partial charge in [0.05, 0.1) is 41.0 Å². The Bertz CT molecular complexity index is 2640. The highest BCUT2D eigenvalue weighted by Gasteiger charge is 2.50. The van der Waals surface area contributed by atoms with Crippen LogP contribution in [0, 0.1) is 11.3 Å². The highest BCUT2D eigenvalue weighted by molar-refractivity contribution is 7.89. The van der Waals surface area contributed by atoms with E-state index in [4.69, 9.17) is 32.2 Å². The van der Waals surface area contributed by atoms with Crippen LogP contribution in [-0.4, -0.2) is 57.3 Å². The van der Waals surface area contributed by atoms with Crippen molar-refractivity contribution in [3.8, 4) is 28.7 Å². The third-order valence-electron chi connectivity index (χ3n) is 10.7. The summed E-state index contributed by atoms with van der Waals surface area (Å²) in [5, 5.41) is 9.23. The summed E-state index contributed by atoms with van der Waals surface area (Å²) < 4.78 is 83.4. The molecule has 1 heterocycles. The summed E-state index contributed by atoms with van der Waals surface area (Å²) in [6.45, 7) is 5.72. The van der Waals surface area contributed by atoms with E-state index in [1.54, 1.807) is 49.1 Å². The van der Waals surface area contributed by atoms with Crippen molar-refractivity contribution in [3.63, 3.8) is 0 Å². The standard InChI is InChI=1S/C48H49F3N6O7S2/c1-47(2)45(59)56(39-20-11-36(32-52)43(31-39)48(49,50)51)46(65)57(47)38-18-9-33(10-19-38)34-12-21-40(22-13-34)63-29-7-3-5-27-62-28-6-4-8-30-64-41-23-14-35(15-24-41)44(58)54-55-66(60,61)42-25-16-37(53)17-26-42/h9-26,31,55H,3-8,27-30,53H2,1-2H3,(H,54,58). The molecule has 0 bridgehead atoms. The number of rotatable bonds is 21. The lowest BCUT2D eigenvalue weighted by molar-refractivity contribution is -0.137. The van der Waals surface area contributed by atoms with Crippen molar-refractivity contribution in [2.45, 2.75) is 69.0 Å². The van der Waals surface area contributed by atoms with Crippen LogP contribution in [0.2, 0.25) is 0 Å². The van der Waals surface area contributed by atoms with Crippen molar-refractivity contribution in [1.29, 1.82) is 5.26 Å². The van der Waals surface area contributed by atoms with Crippen molar-refractivity contribution in [2.75, 3.05) is 42.0 Å². The zero-order valence-electron chi connectivity index (χ0n) is 36.3. The predicted molar refractivity (Wildman–Crippen MR) is 249 cm³/mol. The molecule has 0 radical (unpaired) electrons. The monoisotopic (exact) mass is 942 g/mol. The Balaban J connectivity index is 0.828. The van der Waals surface area contributed by atoms with Gasteiger partial charge in [0, 0.05) is 30.2 Å². The van der Waals surface area contributed by atoms with E-state index in [-0.39, 0.29) is 21.3 Å². The maximum absolute atomic E-state index is 13.7. The Hall–Kier alpha value is -6.52. The number of hydrogen-bond acceptors (Lipinski definition) is 10. The summed E-state index contributed by atoms with van der Waals surface area (Å²) in [5.41, 5.74) is 7.98. The van der Waals surface area contributed by atoms with E-state index < -0.39 is 44.7 Å². The van der Waals surface area contributed by atoms with E-state index in [1.807, 2.05) is 48.5 Å². The number of hydrazine groups is 1. The van der Waals surface area contributed by atoms with Gasteiger partial charge in [-0.05, 0) is 167 Å². The number of nitrogens with two attached hydrogens (primary N) is 1. The zero-order valence-corrected chi connectivity index (χ0v) is 37.9. The average Bonchev–Trinajstić information content (AvgIpc) is 3.48. The van der Waals surface area contributed by atoms with Crippen molar-refractivity contribution in [1.82, 2.24) is 10.3 Å². The van der Waals surface area contributed by atoms with E-state index in [1.165, 1.54) is 30.3 Å². The largest absolute Gasteiger partial charge is 0.494 e. The van der Waals surface area contributed by atoms with Crippen molar-refractivity contribution in [2.24, 2.45) is 0 Å². The number of carbonyl (C=O) groups is 2. The summed E-state index contributed by atoms with van der Waals surface area (Å²) in [7, 11) is -3.95. The first-order valence-electron chi connectivity index (χ1n) is 21.1. The number of nitrogen functional groups attached to an aromatic ring is 1. The molecule has 5 aromatic rings. The van der Waals surface area contributed by atoms with Gasteiger partial charge in [0.2, 0.25) is 0 Å². The molecule has 1 fully saturated rings. The molecule has 346 valence electrons. The van der Waals surface area contributed by atoms with Gasteiger partial charge in [-0.1, -0.05) is 24.3 Å². The number of benzene rings is 5. The van der Waals surface area contributed by atoms with Gasteiger partial charge < -0.3 is 24.8 Å². The number of unbranched alkanes of at least 4 members (excludes halogenated alkanes) is 4. The normalized spacial score (nSPS) is 13.7. The maximum atomic E-state index is 13.7. The third-order valence-corrected chi connectivity index (χ3v) is 12.3. The summed E-state index contributed by atoms with van der Waals surface area (Å²) in [6.07, 6.45) is 0.641. The van der Waals surface area contributed by atoms with E-state index >= 15 is 0 Å². The molecule has 66 heavy (non-hydrogen) atoms. The molecule has 0 unspecified atom stereocenters. The first-order valence-corrected chi connectivity index (χ1v) is 23.0. The van der Waals surface area contributed by atoms with Crippen LogP contribution in [0.5, 0.6) is 11.5 Å². The SMILES string of the molecule is CC1(C)C(=O)N(c2ccc(C#N)c(C(F)(F)F)c2)C(=S)N1c1ccc(-c2ccc(OCCCCCOCCCCCOc3ccc(C(=O)NNS(=O)(=O)c4ccc(N)cc4)cc3)cc2)cc1. The van der Waals surface area contributed by atoms with E-state index in [0.29, 0.717) is 43.6 Å². The summed E-state index contributed by atoms with van der Waals surface area (Å²) in [5.74, 6) is 0.232. The molecule has 0 atom stereocenters. The van der Waals surface area contributed by atoms with Crippen molar-refractivity contribution < 1.29 is 45.4 Å². The fourth-order valence-corrected chi connectivity index (χ4v) is 8.41. The minimum atomic E-state index is -4.79. The Labute approximate surface area is 387 Å². The summed E-state index contributed by atoms with van der Waals surface area (Å²) >= 11 is 5.66. The quantitative estimate of drug-likeness (QED) is 0.0277. The number of nitrogens with zero attached hydrogens (tertiary/aromatic N) is 3. The maximum Gasteiger partial charge on any atom is 0.417 e. The van der Waals surface area contributed by atoms with Crippen LogP contribution in [0.1, 0.15) is 73.9 Å². The number of hydrogen-bond donors (Lipinski definition) is 3. The molecule has 4 N–H and O–H groups in total. The number of anilines is 3. The molecule has 0 spiro atoms. The lowest BCUT2D eigenvalue weighted by Crippen LogP contribution is -2.44. The second-order valence-corrected chi connectivity index (χ2v) is 17.9. The Morgan fingerprint density at radius 1 is 0.758 bits per heavy atom. The van der Waals surface area contributed by atoms with E-state index in [2.05, 4.69) is 10.3 Å². The highest BCUT2D eigenvalue weighted by atomic mass is 32.2. The van der Waals surface area contributed by atoms with Gasteiger partial charge in [0.1, 0.15) is 17.0 Å². The van der Waals surface area contributed by atoms with Crippen molar-refractivity contribution >= 4 is 56.2 Å². The van der Waals surface area contributed by atoms with E-state index in [0.717, 1.165) is 72.4 Å². The Morgan fingerprint density at radius 2 is 1.27 bits per heavy atom. The molecular formula is C48H49F3N6O7S2. The average molecular weight is 943 g/mol. The molecule has 13 nitrogen and oxygen atoms in total. The number of alkyl halides is 3. The number of halogens is 3. The molecule has 6 rings (SSSR count). The topological polar surface area (TPSA) is 176 Å². The second-order valence-electron chi connectivity index (χ2n) is 15.8. The molecule has 1 saturated heterocycles. The molecule has 0 aliphatic carbocycles. The molecule has 18 heteroatoms. The first kappa shape index (κ1) is 48.9. The molecule has 1 aliphatic rings. The number of nitriles is 1. The molecule has 0 saturated carbocycles. The molecule has 2 amide bonds. The number of sulfonamides is 1. The van der Waals surface area contributed by atoms with Crippen LogP contribution >= 0.6 is 12.2 Å². The number of amides is 2. The number of thiocarbonyl (C=S) groups is 1. The smallest absolute Gasteiger partial charge is 0.417 e. The number of ether oxygens (including phenoxy) is 3. The van der Waals surface area contributed by atoms with Gasteiger partial charge in [-0.3, -0.25) is 19.9 Å². The Morgan fingerprint density at radius 3 is 1.82 bits per heavy atom. The summed E-state index contributed by atoms with van der Waals surface area (Å²) in [6, 6.07) is 31.8. The van der Waals surface area contributed by atoms with Crippen LogP contribution in [0.15, 0.2) is 120 Å². The number of carbonyl (C=O) groups excluding carboxylic acids is 2. The second kappa shape index (κ2) is 21.6. The molecule has 5 aromatic carbocycles. The lowest BCUT2D eigenvalue weighted by atomic mass is 10.0. The van der Waals surface area contributed by atoms with Crippen LogP contribution < -0.4 is 35.3 Å².